The topological polar surface area (TPSA) is 81.4 Å². The number of benzene rings is 1. The minimum atomic E-state index is -0.688. The number of nitrogens with one attached hydrogen (secondary N) is 1. The van der Waals surface area contributed by atoms with Gasteiger partial charge in [0, 0.05) is 0 Å². The second kappa shape index (κ2) is 9.20. The molecular weight excluding hydrogens is 280 g/mol. The summed E-state index contributed by atoms with van der Waals surface area (Å²) in [4.78, 5) is 24.1. The second-order valence-electron chi connectivity index (χ2n) is 5.74. The standard InChI is InChI=1S/C17H26N2O3/c1-4-22-17(21)15(10-12(2)3)19-16(20)14(18)11-13-8-6-5-7-9-13/h5-9,12,14-15H,4,10-11,18H2,1-3H3,(H,19,20)/t14-,15-/m0/s1. The number of carbonyl (C=O) groups is 2. The number of ether oxygens (including phenoxy) is 1. The van der Waals surface area contributed by atoms with Crippen LogP contribution in [-0.2, 0) is 20.7 Å². The molecule has 0 spiro atoms. The Balaban J connectivity index is 2.62. The van der Waals surface area contributed by atoms with E-state index in [9.17, 15) is 9.59 Å². The van der Waals surface area contributed by atoms with E-state index in [-0.39, 0.29) is 11.8 Å². The Labute approximate surface area is 132 Å². The van der Waals surface area contributed by atoms with Gasteiger partial charge in [-0.2, -0.15) is 0 Å². The molecule has 0 heterocycles. The second-order valence-corrected chi connectivity index (χ2v) is 5.74. The van der Waals surface area contributed by atoms with E-state index in [4.69, 9.17) is 10.5 Å². The van der Waals surface area contributed by atoms with Gasteiger partial charge in [-0.1, -0.05) is 44.2 Å². The molecule has 1 rings (SSSR count). The van der Waals surface area contributed by atoms with Crippen molar-refractivity contribution in [2.45, 2.75) is 45.7 Å². The first-order valence-corrected chi connectivity index (χ1v) is 7.70. The molecule has 122 valence electrons. The van der Waals surface area contributed by atoms with Gasteiger partial charge in [-0.25, -0.2) is 4.79 Å². The maximum atomic E-state index is 12.2. The minimum absolute atomic E-state index is 0.264. The quantitative estimate of drug-likeness (QED) is 0.716. The van der Waals surface area contributed by atoms with Gasteiger partial charge in [-0.3, -0.25) is 4.79 Å². The van der Waals surface area contributed by atoms with Crippen LogP contribution in [-0.4, -0.2) is 30.6 Å². The molecule has 0 unspecified atom stereocenters. The fraction of sp³-hybridized carbons (Fsp3) is 0.529. The maximum absolute atomic E-state index is 12.2. The Morgan fingerprint density at radius 1 is 1.23 bits per heavy atom. The lowest BCUT2D eigenvalue weighted by atomic mass is 10.0. The van der Waals surface area contributed by atoms with Gasteiger partial charge in [0.2, 0.25) is 5.91 Å². The van der Waals surface area contributed by atoms with Crippen LogP contribution >= 0.6 is 0 Å². The van der Waals surface area contributed by atoms with Gasteiger partial charge < -0.3 is 15.8 Å². The summed E-state index contributed by atoms with van der Waals surface area (Å²) in [5.41, 5.74) is 6.93. The van der Waals surface area contributed by atoms with Crippen molar-refractivity contribution in [3.8, 4) is 0 Å². The smallest absolute Gasteiger partial charge is 0.328 e. The molecule has 0 fully saturated rings. The molecule has 0 aliphatic heterocycles. The van der Waals surface area contributed by atoms with Crippen LogP contribution in [0.1, 0.15) is 32.8 Å². The predicted octanol–water partition coefficient (Wildman–Crippen LogP) is 1.65. The zero-order valence-corrected chi connectivity index (χ0v) is 13.5. The van der Waals surface area contributed by atoms with E-state index in [1.54, 1.807) is 6.92 Å². The number of hydrogen-bond acceptors (Lipinski definition) is 4. The van der Waals surface area contributed by atoms with Crippen LogP contribution in [0, 0.1) is 5.92 Å². The third kappa shape index (κ3) is 6.26. The number of nitrogens with two attached hydrogens (primary N) is 1. The summed E-state index contributed by atoms with van der Waals surface area (Å²) in [5, 5.41) is 2.71. The highest BCUT2D eigenvalue weighted by molar-refractivity contribution is 5.87. The molecule has 5 nitrogen and oxygen atoms in total. The maximum Gasteiger partial charge on any atom is 0.328 e. The lowest BCUT2D eigenvalue weighted by Gasteiger charge is -2.21. The van der Waals surface area contributed by atoms with Crippen LogP contribution in [0.25, 0.3) is 0 Å². The number of amides is 1. The van der Waals surface area contributed by atoms with Gasteiger partial charge in [0.15, 0.2) is 0 Å². The highest BCUT2D eigenvalue weighted by atomic mass is 16.5. The number of hydrogen-bond donors (Lipinski definition) is 2. The molecule has 5 heteroatoms. The molecule has 0 radical (unpaired) electrons. The first-order valence-electron chi connectivity index (χ1n) is 7.70. The van der Waals surface area contributed by atoms with Gasteiger partial charge in [0.1, 0.15) is 6.04 Å². The average molecular weight is 306 g/mol. The van der Waals surface area contributed by atoms with E-state index in [1.165, 1.54) is 0 Å². The van der Waals surface area contributed by atoms with Crippen LogP contribution in [0.3, 0.4) is 0 Å². The van der Waals surface area contributed by atoms with E-state index in [1.807, 2.05) is 44.2 Å². The van der Waals surface area contributed by atoms with Crippen LogP contribution in [0.4, 0.5) is 0 Å². The molecule has 2 atom stereocenters. The Morgan fingerprint density at radius 3 is 2.41 bits per heavy atom. The van der Waals surface area contributed by atoms with Crippen LogP contribution in [0.5, 0.6) is 0 Å². The average Bonchev–Trinajstić information content (AvgIpc) is 2.47. The molecular formula is C17H26N2O3. The van der Waals surface area contributed by atoms with E-state index in [0.29, 0.717) is 19.4 Å². The van der Waals surface area contributed by atoms with Crippen molar-refractivity contribution in [1.82, 2.24) is 5.32 Å². The SMILES string of the molecule is CCOC(=O)[C@H](CC(C)C)NC(=O)[C@@H](N)Cc1ccccc1. The van der Waals surface area contributed by atoms with Gasteiger partial charge in [-0.15, -0.1) is 0 Å². The van der Waals surface area contributed by atoms with E-state index < -0.39 is 18.1 Å². The van der Waals surface area contributed by atoms with Crippen molar-refractivity contribution in [2.75, 3.05) is 6.61 Å². The van der Waals surface area contributed by atoms with Crippen molar-refractivity contribution in [2.24, 2.45) is 11.7 Å². The van der Waals surface area contributed by atoms with Crippen LogP contribution in [0.2, 0.25) is 0 Å². The molecule has 0 saturated heterocycles. The summed E-state index contributed by atoms with van der Waals surface area (Å²) >= 11 is 0. The number of rotatable bonds is 8. The molecule has 22 heavy (non-hydrogen) atoms. The molecule has 0 aromatic heterocycles. The zero-order chi connectivity index (χ0) is 16.5. The highest BCUT2D eigenvalue weighted by Gasteiger charge is 2.25. The predicted molar refractivity (Wildman–Crippen MR) is 86.1 cm³/mol. The fourth-order valence-electron chi connectivity index (χ4n) is 2.17. The Morgan fingerprint density at radius 2 is 1.86 bits per heavy atom. The van der Waals surface area contributed by atoms with Gasteiger partial charge in [0.25, 0.3) is 0 Å². The largest absolute Gasteiger partial charge is 0.464 e. The lowest BCUT2D eigenvalue weighted by Crippen LogP contribution is -2.50. The Hall–Kier alpha value is -1.88. The van der Waals surface area contributed by atoms with Crippen molar-refractivity contribution in [3.63, 3.8) is 0 Å². The molecule has 3 N–H and O–H groups in total. The van der Waals surface area contributed by atoms with Crippen LogP contribution < -0.4 is 11.1 Å². The van der Waals surface area contributed by atoms with Crippen molar-refractivity contribution < 1.29 is 14.3 Å². The van der Waals surface area contributed by atoms with E-state index in [0.717, 1.165) is 5.56 Å². The number of esters is 1. The molecule has 0 bridgehead atoms. The van der Waals surface area contributed by atoms with Crippen molar-refractivity contribution in [1.29, 1.82) is 0 Å². The Bertz CT molecular complexity index is 474. The monoisotopic (exact) mass is 306 g/mol. The molecule has 0 aliphatic rings. The molecule has 0 aliphatic carbocycles. The summed E-state index contributed by atoms with van der Waals surface area (Å²) in [6.45, 7) is 6.01. The summed E-state index contributed by atoms with van der Waals surface area (Å²) in [6, 6.07) is 8.23. The van der Waals surface area contributed by atoms with Gasteiger partial charge in [0.05, 0.1) is 12.6 Å². The summed E-state index contributed by atoms with van der Waals surface area (Å²) in [6.07, 6.45) is 0.965. The first-order chi connectivity index (χ1) is 10.4. The molecule has 1 aromatic rings. The van der Waals surface area contributed by atoms with Crippen molar-refractivity contribution >= 4 is 11.9 Å². The van der Waals surface area contributed by atoms with Crippen LogP contribution in [0.15, 0.2) is 30.3 Å². The summed E-state index contributed by atoms with van der Waals surface area (Å²) < 4.78 is 5.01. The molecule has 1 amide bonds. The normalized spacial score (nSPS) is 13.5. The van der Waals surface area contributed by atoms with E-state index >= 15 is 0 Å². The fourth-order valence-corrected chi connectivity index (χ4v) is 2.17. The third-order valence-electron chi connectivity index (χ3n) is 3.23. The zero-order valence-electron chi connectivity index (χ0n) is 13.5. The minimum Gasteiger partial charge on any atom is -0.464 e. The Kier molecular flexibility index (Phi) is 7.60. The number of carbonyl (C=O) groups excluding carboxylic acids is 2. The molecule has 0 saturated carbocycles. The summed E-state index contributed by atoms with van der Waals surface area (Å²) in [5.74, 6) is -0.473. The summed E-state index contributed by atoms with van der Waals surface area (Å²) in [7, 11) is 0. The van der Waals surface area contributed by atoms with Gasteiger partial charge in [-0.05, 0) is 31.2 Å². The van der Waals surface area contributed by atoms with Crippen molar-refractivity contribution in [3.05, 3.63) is 35.9 Å². The highest BCUT2D eigenvalue weighted by Crippen LogP contribution is 2.08. The lowest BCUT2D eigenvalue weighted by molar-refractivity contribution is -0.148. The first kappa shape index (κ1) is 18.2. The third-order valence-corrected chi connectivity index (χ3v) is 3.23. The van der Waals surface area contributed by atoms with Gasteiger partial charge >= 0.3 is 5.97 Å². The molecule has 1 aromatic carbocycles. The van der Waals surface area contributed by atoms with E-state index in [2.05, 4.69) is 5.32 Å².